The number of hydrogen-bond acceptors (Lipinski definition) is 4. The predicted molar refractivity (Wildman–Crippen MR) is 108 cm³/mol. The largest absolute Gasteiger partial charge is 0.350 e. The molecule has 0 saturated carbocycles. The van der Waals surface area contributed by atoms with Crippen LogP contribution < -0.4 is 5.32 Å². The Kier molecular flexibility index (Phi) is 6.59. The summed E-state index contributed by atoms with van der Waals surface area (Å²) in [6.07, 6.45) is 12.0. The molecule has 140 valence electrons. The SMILES string of the molecule is O=C(CCCCCN1C(=O)C2C=CC=CC2=NC1=S)NCc1ccccn1. The molecule has 1 unspecified atom stereocenters. The summed E-state index contributed by atoms with van der Waals surface area (Å²) in [4.78, 5) is 34.6. The molecule has 1 aromatic rings. The molecule has 0 aromatic carbocycles. The van der Waals surface area contributed by atoms with E-state index in [9.17, 15) is 9.59 Å². The molecule has 2 aliphatic rings. The number of aliphatic imine (C=N–C) groups is 1. The summed E-state index contributed by atoms with van der Waals surface area (Å²) in [5.74, 6) is -0.323. The highest BCUT2D eigenvalue weighted by Crippen LogP contribution is 2.20. The van der Waals surface area contributed by atoms with Gasteiger partial charge < -0.3 is 5.32 Å². The quantitative estimate of drug-likeness (QED) is 0.554. The van der Waals surface area contributed by atoms with Crippen LogP contribution in [0.2, 0.25) is 0 Å². The summed E-state index contributed by atoms with van der Waals surface area (Å²) in [5.41, 5.74) is 1.56. The van der Waals surface area contributed by atoms with Crippen LogP contribution in [0.25, 0.3) is 0 Å². The molecule has 1 aliphatic heterocycles. The Morgan fingerprint density at radius 3 is 2.93 bits per heavy atom. The fraction of sp³-hybridized carbons (Fsp3) is 0.350. The van der Waals surface area contributed by atoms with E-state index in [2.05, 4.69) is 15.3 Å². The second kappa shape index (κ2) is 9.32. The van der Waals surface area contributed by atoms with Crippen LogP contribution in [0, 0.1) is 5.92 Å². The minimum absolute atomic E-state index is 0.0126. The Labute approximate surface area is 164 Å². The number of fused-ring (bicyclic) bond motifs is 1. The van der Waals surface area contributed by atoms with Crippen LogP contribution >= 0.6 is 12.2 Å². The molecule has 1 aromatic heterocycles. The summed E-state index contributed by atoms with van der Waals surface area (Å²) in [5, 5.41) is 3.20. The van der Waals surface area contributed by atoms with Crippen molar-refractivity contribution in [3.05, 3.63) is 54.4 Å². The van der Waals surface area contributed by atoms with E-state index in [4.69, 9.17) is 12.2 Å². The molecule has 2 heterocycles. The van der Waals surface area contributed by atoms with Crippen molar-refractivity contribution in [2.75, 3.05) is 6.54 Å². The zero-order valence-electron chi connectivity index (χ0n) is 15.0. The Balaban J connectivity index is 1.35. The van der Waals surface area contributed by atoms with Gasteiger partial charge in [-0.05, 0) is 43.3 Å². The summed E-state index contributed by atoms with van der Waals surface area (Å²) < 4.78 is 0. The first kappa shape index (κ1) is 19.1. The molecule has 0 bridgehead atoms. The van der Waals surface area contributed by atoms with E-state index < -0.39 is 0 Å². The molecule has 1 atom stereocenters. The zero-order chi connectivity index (χ0) is 19.1. The van der Waals surface area contributed by atoms with E-state index in [1.54, 1.807) is 11.1 Å². The highest BCUT2D eigenvalue weighted by Gasteiger charge is 2.33. The van der Waals surface area contributed by atoms with Gasteiger partial charge in [0.15, 0.2) is 0 Å². The topological polar surface area (TPSA) is 74.7 Å². The standard InChI is InChI=1S/C20H22N4O2S/c25-18(22-14-15-8-5-6-12-21-15)11-2-1-7-13-24-19(26)16-9-3-4-10-17(16)23-20(24)27/h3-6,8-10,12,16H,1-2,7,11,13-14H2,(H,22,25). The monoisotopic (exact) mass is 382 g/mol. The minimum Gasteiger partial charge on any atom is -0.350 e. The fourth-order valence-corrected chi connectivity index (χ4v) is 3.29. The van der Waals surface area contributed by atoms with E-state index in [0.717, 1.165) is 25.0 Å². The molecule has 0 fully saturated rings. The zero-order valence-corrected chi connectivity index (χ0v) is 15.8. The maximum absolute atomic E-state index is 12.6. The predicted octanol–water partition coefficient (Wildman–Crippen LogP) is 2.57. The number of carbonyl (C=O) groups excluding carboxylic acids is 2. The Hall–Kier alpha value is -2.67. The van der Waals surface area contributed by atoms with Gasteiger partial charge in [0, 0.05) is 19.2 Å². The molecule has 27 heavy (non-hydrogen) atoms. The molecular weight excluding hydrogens is 360 g/mol. The van der Waals surface area contributed by atoms with Crippen LogP contribution in [-0.4, -0.2) is 39.1 Å². The summed E-state index contributed by atoms with van der Waals surface area (Å²) in [7, 11) is 0. The molecule has 1 aliphatic carbocycles. The van der Waals surface area contributed by atoms with Crippen molar-refractivity contribution in [1.82, 2.24) is 15.2 Å². The molecule has 6 nitrogen and oxygen atoms in total. The molecule has 0 spiro atoms. The average Bonchev–Trinajstić information content (AvgIpc) is 2.69. The maximum atomic E-state index is 12.6. The molecule has 0 saturated heterocycles. The molecule has 7 heteroatoms. The van der Waals surface area contributed by atoms with Crippen LogP contribution in [0.4, 0.5) is 0 Å². The van der Waals surface area contributed by atoms with Crippen molar-refractivity contribution in [3.8, 4) is 0 Å². The van der Waals surface area contributed by atoms with E-state index in [0.29, 0.717) is 30.3 Å². The number of allylic oxidation sites excluding steroid dienone is 3. The summed E-state index contributed by atoms with van der Waals surface area (Å²) in [6.45, 7) is 0.984. The second-order valence-corrected chi connectivity index (χ2v) is 6.80. The van der Waals surface area contributed by atoms with Crippen molar-refractivity contribution < 1.29 is 9.59 Å². The third-order valence-electron chi connectivity index (χ3n) is 4.47. The number of unbranched alkanes of at least 4 members (excludes halogenated alkanes) is 2. The lowest BCUT2D eigenvalue weighted by Crippen LogP contribution is -2.46. The van der Waals surface area contributed by atoms with Crippen molar-refractivity contribution >= 4 is 34.9 Å². The Morgan fingerprint density at radius 2 is 2.11 bits per heavy atom. The number of nitrogens with zero attached hydrogens (tertiary/aromatic N) is 3. The first-order valence-corrected chi connectivity index (χ1v) is 9.51. The Morgan fingerprint density at radius 1 is 1.22 bits per heavy atom. The maximum Gasteiger partial charge on any atom is 0.241 e. The lowest BCUT2D eigenvalue weighted by Gasteiger charge is -2.30. The average molecular weight is 382 g/mol. The molecule has 1 N–H and O–H groups in total. The first-order valence-electron chi connectivity index (χ1n) is 9.10. The number of nitrogens with one attached hydrogen (secondary N) is 1. The molecule has 0 radical (unpaired) electrons. The normalized spacial score (nSPS) is 18.3. The van der Waals surface area contributed by atoms with Gasteiger partial charge in [0.05, 0.1) is 23.9 Å². The number of carbonyl (C=O) groups is 2. The van der Waals surface area contributed by atoms with Gasteiger partial charge in [-0.1, -0.05) is 30.7 Å². The number of rotatable bonds is 8. The van der Waals surface area contributed by atoms with Crippen LogP contribution in [0.15, 0.2) is 53.7 Å². The van der Waals surface area contributed by atoms with E-state index in [1.165, 1.54) is 0 Å². The van der Waals surface area contributed by atoms with Gasteiger partial charge in [-0.25, -0.2) is 4.99 Å². The highest BCUT2D eigenvalue weighted by atomic mass is 32.1. The van der Waals surface area contributed by atoms with Gasteiger partial charge in [-0.2, -0.15) is 0 Å². The van der Waals surface area contributed by atoms with Gasteiger partial charge in [-0.15, -0.1) is 0 Å². The molecule has 3 rings (SSSR count). The summed E-state index contributed by atoms with van der Waals surface area (Å²) >= 11 is 5.26. The smallest absolute Gasteiger partial charge is 0.241 e. The fourth-order valence-electron chi connectivity index (χ4n) is 3.00. The number of thiocarbonyl (C=S) groups is 1. The van der Waals surface area contributed by atoms with Crippen LogP contribution in [-0.2, 0) is 16.1 Å². The van der Waals surface area contributed by atoms with Gasteiger partial charge in [0.1, 0.15) is 0 Å². The van der Waals surface area contributed by atoms with Crippen molar-refractivity contribution in [2.24, 2.45) is 10.9 Å². The van der Waals surface area contributed by atoms with E-state index in [-0.39, 0.29) is 17.7 Å². The first-order chi connectivity index (χ1) is 13.1. The van der Waals surface area contributed by atoms with E-state index >= 15 is 0 Å². The van der Waals surface area contributed by atoms with Crippen LogP contribution in [0.1, 0.15) is 31.4 Å². The number of aromatic nitrogens is 1. The highest BCUT2D eigenvalue weighted by molar-refractivity contribution is 7.80. The van der Waals surface area contributed by atoms with Crippen molar-refractivity contribution in [1.29, 1.82) is 0 Å². The number of hydrogen-bond donors (Lipinski definition) is 1. The van der Waals surface area contributed by atoms with Gasteiger partial charge >= 0.3 is 0 Å². The third-order valence-corrected chi connectivity index (χ3v) is 4.78. The van der Waals surface area contributed by atoms with Gasteiger partial charge in [-0.3, -0.25) is 19.5 Å². The lowest BCUT2D eigenvalue weighted by atomic mass is 9.95. The lowest BCUT2D eigenvalue weighted by molar-refractivity contribution is -0.128. The van der Waals surface area contributed by atoms with Crippen LogP contribution in [0.5, 0.6) is 0 Å². The van der Waals surface area contributed by atoms with Crippen molar-refractivity contribution in [2.45, 2.75) is 32.2 Å². The number of pyridine rings is 1. The minimum atomic E-state index is -0.320. The molecular formula is C20H22N4O2S. The van der Waals surface area contributed by atoms with Crippen LogP contribution in [0.3, 0.4) is 0 Å². The summed E-state index contributed by atoms with van der Waals surface area (Å²) in [6, 6.07) is 5.62. The molecule has 2 amide bonds. The van der Waals surface area contributed by atoms with Crippen molar-refractivity contribution in [3.63, 3.8) is 0 Å². The second-order valence-electron chi connectivity index (χ2n) is 6.44. The third kappa shape index (κ3) is 5.17. The van der Waals surface area contributed by atoms with E-state index in [1.807, 2.05) is 42.5 Å². The Bertz CT molecular complexity index is 801. The van der Waals surface area contributed by atoms with Gasteiger partial charge in [0.25, 0.3) is 0 Å². The number of amides is 2. The van der Waals surface area contributed by atoms with Gasteiger partial charge in [0.2, 0.25) is 16.9 Å².